The fourth-order valence-corrected chi connectivity index (χ4v) is 1.58. The molecule has 1 aromatic rings. The Hall–Kier alpha value is -1.89. The van der Waals surface area contributed by atoms with Crippen molar-refractivity contribution in [3.8, 4) is 5.88 Å². The lowest BCUT2D eigenvalue weighted by Crippen LogP contribution is -2.48. The van der Waals surface area contributed by atoms with E-state index in [9.17, 15) is 4.79 Å². The Balaban J connectivity index is 2.06. The molecule has 0 atom stereocenters. The van der Waals surface area contributed by atoms with E-state index in [1.165, 1.54) is 6.33 Å². The van der Waals surface area contributed by atoms with Crippen molar-refractivity contribution in [1.29, 1.82) is 0 Å². The summed E-state index contributed by atoms with van der Waals surface area (Å²) >= 11 is 0. The fourth-order valence-electron chi connectivity index (χ4n) is 1.58. The minimum atomic E-state index is -0.000659. The monoisotopic (exact) mass is 237 g/mol. The molecule has 1 fully saturated rings. The third-order valence-corrected chi connectivity index (χ3v) is 2.36. The molecule has 7 nitrogen and oxygen atoms in total. The summed E-state index contributed by atoms with van der Waals surface area (Å²) in [5, 5.41) is 2.76. The van der Waals surface area contributed by atoms with Crippen molar-refractivity contribution >= 4 is 11.7 Å². The van der Waals surface area contributed by atoms with Gasteiger partial charge in [-0.3, -0.25) is 4.79 Å². The number of rotatable bonds is 4. The fraction of sp³-hybridized carbons (Fsp3) is 0.500. The average molecular weight is 237 g/mol. The second-order valence-corrected chi connectivity index (χ2v) is 3.62. The summed E-state index contributed by atoms with van der Waals surface area (Å²) in [6.45, 7) is 2.52. The molecule has 1 saturated heterocycles. The molecule has 0 unspecified atom stereocenters. The average Bonchev–Trinajstić information content (AvgIpc) is 2.37. The quantitative estimate of drug-likeness (QED) is 0.679. The van der Waals surface area contributed by atoms with E-state index in [-0.39, 0.29) is 5.91 Å². The Morgan fingerprint density at radius 2 is 2.41 bits per heavy atom. The molecule has 0 spiro atoms. The minimum absolute atomic E-state index is 0.000659. The van der Waals surface area contributed by atoms with Crippen molar-refractivity contribution in [2.45, 2.75) is 0 Å². The largest absolute Gasteiger partial charge is 0.476 e. The molecule has 1 aliphatic rings. The summed E-state index contributed by atoms with van der Waals surface area (Å²) < 4.78 is 5.31. The number of carbonyl (C=O) groups excluding carboxylic acids is 1. The lowest BCUT2D eigenvalue weighted by molar-refractivity contribution is -0.120. The second kappa shape index (κ2) is 5.44. The molecule has 0 saturated carbocycles. The predicted molar refractivity (Wildman–Crippen MR) is 61.8 cm³/mol. The van der Waals surface area contributed by atoms with Crippen molar-refractivity contribution in [3.05, 3.63) is 12.4 Å². The van der Waals surface area contributed by atoms with Crippen LogP contribution < -0.4 is 20.7 Å². The number of ether oxygens (including phenoxy) is 1. The Kier molecular flexibility index (Phi) is 3.71. The van der Waals surface area contributed by atoms with E-state index >= 15 is 0 Å². The van der Waals surface area contributed by atoms with Gasteiger partial charge in [-0.1, -0.05) is 0 Å². The highest BCUT2D eigenvalue weighted by molar-refractivity contribution is 5.82. The van der Waals surface area contributed by atoms with Crippen LogP contribution in [0.15, 0.2) is 12.4 Å². The van der Waals surface area contributed by atoms with Gasteiger partial charge < -0.3 is 20.7 Å². The minimum Gasteiger partial charge on any atom is -0.476 e. The van der Waals surface area contributed by atoms with Gasteiger partial charge in [0.15, 0.2) is 0 Å². The molecule has 3 N–H and O–H groups in total. The lowest BCUT2D eigenvalue weighted by Gasteiger charge is -2.27. The van der Waals surface area contributed by atoms with E-state index in [0.717, 1.165) is 6.54 Å². The molecule has 1 aromatic heterocycles. The molecule has 7 heteroatoms. The van der Waals surface area contributed by atoms with E-state index in [1.54, 1.807) is 6.07 Å². The molecular weight excluding hydrogens is 222 g/mol. The van der Waals surface area contributed by atoms with Crippen molar-refractivity contribution in [2.24, 2.45) is 5.73 Å². The van der Waals surface area contributed by atoms with Gasteiger partial charge in [-0.2, -0.15) is 0 Å². The normalized spacial score (nSPS) is 15.6. The molecule has 17 heavy (non-hydrogen) atoms. The van der Waals surface area contributed by atoms with Crippen LogP contribution in [0, 0.1) is 0 Å². The number of amides is 1. The number of hydrogen-bond acceptors (Lipinski definition) is 6. The van der Waals surface area contributed by atoms with Crippen LogP contribution in [0.4, 0.5) is 5.82 Å². The SMILES string of the molecule is NCCOc1cc(N2CCNC(=O)C2)ncn1. The predicted octanol–water partition coefficient (Wildman–Crippen LogP) is -1.25. The van der Waals surface area contributed by atoms with Gasteiger partial charge in [0.25, 0.3) is 0 Å². The smallest absolute Gasteiger partial charge is 0.239 e. The Bertz CT molecular complexity index is 398. The number of carbonyl (C=O) groups is 1. The molecule has 0 aliphatic carbocycles. The number of nitrogens with two attached hydrogens (primary N) is 1. The van der Waals surface area contributed by atoms with E-state index in [0.29, 0.717) is 37.9 Å². The van der Waals surface area contributed by atoms with Gasteiger partial charge in [-0.15, -0.1) is 0 Å². The molecular formula is C10H15N5O2. The van der Waals surface area contributed by atoms with Gasteiger partial charge in [-0.25, -0.2) is 9.97 Å². The Morgan fingerprint density at radius 1 is 1.53 bits per heavy atom. The van der Waals surface area contributed by atoms with E-state index < -0.39 is 0 Å². The van der Waals surface area contributed by atoms with Gasteiger partial charge in [0, 0.05) is 25.7 Å². The summed E-state index contributed by atoms with van der Waals surface area (Å²) in [6, 6.07) is 1.72. The Morgan fingerprint density at radius 3 is 3.18 bits per heavy atom. The zero-order valence-electron chi connectivity index (χ0n) is 9.43. The first-order chi connectivity index (χ1) is 8.29. The van der Waals surface area contributed by atoms with Crippen LogP contribution in [0.25, 0.3) is 0 Å². The summed E-state index contributed by atoms with van der Waals surface area (Å²) in [7, 11) is 0. The highest BCUT2D eigenvalue weighted by Gasteiger charge is 2.17. The maximum absolute atomic E-state index is 11.3. The van der Waals surface area contributed by atoms with Gasteiger partial charge in [0.2, 0.25) is 11.8 Å². The van der Waals surface area contributed by atoms with Crippen LogP contribution in [0.1, 0.15) is 0 Å². The van der Waals surface area contributed by atoms with Crippen LogP contribution in [-0.2, 0) is 4.79 Å². The Labute approximate surface area is 99.0 Å². The van der Waals surface area contributed by atoms with Crippen molar-refractivity contribution < 1.29 is 9.53 Å². The van der Waals surface area contributed by atoms with Crippen LogP contribution >= 0.6 is 0 Å². The summed E-state index contributed by atoms with van der Waals surface area (Å²) in [5.41, 5.74) is 5.34. The highest BCUT2D eigenvalue weighted by atomic mass is 16.5. The van der Waals surface area contributed by atoms with Crippen LogP contribution in [0.2, 0.25) is 0 Å². The highest BCUT2D eigenvalue weighted by Crippen LogP contribution is 2.15. The standard InChI is InChI=1S/C10H15N5O2/c11-1-4-17-10-5-8(13-7-14-10)15-3-2-12-9(16)6-15/h5,7H,1-4,6,11H2,(H,12,16). The third kappa shape index (κ3) is 3.04. The number of hydrogen-bond donors (Lipinski definition) is 2. The molecule has 2 heterocycles. The van der Waals surface area contributed by atoms with Crippen LogP contribution in [0.5, 0.6) is 5.88 Å². The molecule has 0 aromatic carbocycles. The zero-order valence-corrected chi connectivity index (χ0v) is 9.43. The topological polar surface area (TPSA) is 93.4 Å². The van der Waals surface area contributed by atoms with Crippen LogP contribution in [-0.4, -0.2) is 48.7 Å². The molecule has 0 radical (unpaired) electrons. The number of nitrogens with one attached hydrogen (secondary N) is 1. The number of nitrogens with zero attached hydrogens (tertiary/aromatic N) is 3. The first kappa shape index (κ1) is 11.6. The van der Waals surface area contributed by atoms with E-state index in [4.69, 9.17) is 10.5 Å². The molecule has 92 valence electrons. The molecule has 1 aliphatic heterocycles. The summed E-state index contributed by atoms with van der Waals surface area (Å²) in [5.74, 6) is 1.17. The van der Waals surface area contributed by atoms with E-state index in [2.05, 4.69) is 15.3 Å². The van der Waals surface area contributed by atoms with Crippen molar-refractivity contribution in [1.82, 2.24) is 15.3 Å². The molecule has 1 amide bonds. The zero-order chi connectivity index (χ0) is 12.1. The number of aromatic nitrogens is 2. The maximum Gasteiger partial charge on any atom is 0.239 e. The number of piperazine rings is 1. The first-order valence-electron chi connectivity index (χ1n) is 5.46. The van der Waals surface area contributed by atoms with Crippen LogP contribution in [0.3, 0.4) is 0 Å². The molecule has 0 bridgehead atoms. The van der Waals surface area contributed by atoms with Crippen molar-refractivity contribution in [3.63, 3.8) is 0 Å². The van der Waals surface area contributed by atoms with Gasteiger partial charge >= 0.3 is 0 Å². The maximum atomic E-state index is 11.3. The third-order valence-electron chi connectivity index (χ3n) is 2.36. The second-order valence-electron chi connectivity index (χ2n) is 3.62. The van der Waals surface area contributed by atoms with Gasteiger partial charge in [-0.05, 0) is 0 Å². The van der Waals surface area contributed by atoms with Crippen molar-refractivity contribution in [2.75, 3.05) is 37.7 Å². The molecule has 2 rings (SSSR count). The van der Waals surface area contributed by atoms with Gasteiger partial charge in [0.1, 0.15) is 18.8 Å². The lowest BCUT2D eigenvalue weighted by atomic mass is 10.3. The number of anilines is 1. The van der Waals surface area contributed by atoms with E-state index in [1.807, 2.05) is 4.90 Å². The van der Waals surface area contributed by atoms with Gasteiger partial charge in [0.05, 0.1) is 6.54 Å². The summed E-state index contributed by atoms with van der Waals surface area (Å²) in [6.07, 6.45) is 1.42. The first-order valence-corrected chi connectivity index (χ1v) is 5.46. The summed E-state index contributed by atoms with van der Waals surface area (Å²) in [4.78, 5) is 21.2.